The number of ether oxygens (including phenoxy) is 5. The van der Waals surface area contributed by atoms with Gasteiger partial charge in [-0.3, -0.25) is 0 Å². The molecule has 0 amide bonds. The second-order valence-corrected chi connectivity index (χ2v) is 9.99. The monoisotopic (exact) mass is 508 g/mol. The van der Waals surface area contributed by atoms with Gasteiger partial charge in [0.1, 0.15) is 24.7 Å². The van der Waals surface area contributed by atoms with Crippen LogP contribution < -0.4 is 9.47 Å². The summed E-state index contributed by atoms with van der Waals surface area (Å²) in [6, 6.07) is 13.3. The normalized spacial score (nSPS) is 15.9. The van der Waals surface area contributed by atoms with E-state index >= 15 is 0 Å². The van der Waals surface area contributed by atoms with E-state index in [4.69, 9.17) is 23.7 Å². The maximum absolute atomic E-state index is 12.0. The molecule has 1 aliphatic rings. The third-order valence-corrected chi connectivity index (χ3v) is 6.04. The molecule has 198 valence electrons. The average Bonchev–Trinajstić information content (AvgIpc) is 2.87. The van der Waals surface area contributed by atoms with Crippen LogP contribution in [0, 0.1) is 5.41 Å². The van der Waals surface area contributed by atoms with Crippen LogP contribution in [0.3, 0.4) is 0 Å². The van der Waals surface area contributed by atoms with Crippen molar-refractivity contribution in [2.24, 2.45) is 5.41 Å². The second-order valence-electron chi connectivity index (χ2n) is 9.99. The molecule has 7 heteroatoms. The van der Waals surface area contributed by atoms with Gasteiger partial charge in [-0.2, -0.15) is 0 Å². The van der Waals surface area contributed by atoms with E-state index in [1.807, 2.05) is 44.2 Å². The van der Waals surface area contributed by atoms with Crippen molar-refractivity contribution < 1.29 is 33.3 Å². The maximum Gasteiger partial charge on any atom is 0.338 e. The molecule has 0 aliphatic carbocycles. The minimum atomic E-state index is -0.711. The van der Waals surface area contributed by atoms with Crippen molar-refractivity contribution in [1.29, 1.82) is 0 Å². The van der Waals surface area contributed by atoms with E-state index in [9.17, 15) is 9.59 Å². The highest BCUT2D eigenvalue weighted by Gasteiger charge is 2.42. The highest BCUT2D eigenvalue weighted by atomic mass is 16.7. The largest absolute Gasteiger partial charge is 0.493 e. The van der Waals surface area contributed by atoms with Crippen LogP contribution >= 0.6 is 0 Å². The van der Waals surface area contributed by atoms with Crippen LogP contribution in [0.4, 0.5) is 0 Å². The van der Waals surface area contributed by atoms with Crippen molar-refractivity contribution in [1.82, 2.24) is 0 Å². The molecule has 3 rings (SSSR count). The molecule has 0 spiro atoms. The SMILES string of the molecule is C=C(C)C(=O)OCC1(COc2ccc(-c3ccc(OC(=O)C(=C)C)cc3)c(CC)c2)COC(C)(C)OC1. The molecule has 0 atom stereocenters. The van der Waals surface area contributed by atoms with Crippen LogP contribution in [-0.4, -0.2) is 44.2 Å². The molecule has 0 saturated carbocycles. The van der Waals surface area contributed by atoms with Gasteiger partial charge in [-0.25, -0.2) is 9.59 Å². The Morgan fingerprint density at radius 1 is 0.892 bits per heavy atom. The van der Waals surface area contributed by atoms with Crippen molar-refractivity contribution in [3.05, 3.63) is 72.3 Å². The predicted molar refractivity (Wildman–Crippen MR) is 141 cm³/mol. The van der Waals surface area contributed by atoms with Crippen LogP contribution in [0.2, 0.25) is 0 Å². The van der Waals surface area contributed by atoms with Gasteiger partial charge in [0.2, 0.25) is 0 Å². The van der Waals surface area contributed by atoms with Gasteiger partial charge in [-0.15, -0.1) is 0 Å². The Labute approximate surface area is 219 Å². The van der Waals surface area contributed by atoms with Crippen LogP contribution in [0.15, 0.2) is 66.8 Å². The Morgan fingerprint density at radius 3 is 2.05 bits per heavy atom. The number of rotatable bonds is 10. The van der Waals surface area contributed by atoms with E-state index in [2.05, 4.69) is 20.1 Å². The number of esters is 2. The molecule has 0 radical (unpaired) electrons. The summed E-state index contributed by atoms with van der Waals surface area (Å²) >= 11 is 0. The zero-order valence-electron chi connectivity index (χ0n) is 22.3. The van der Waals surface area contributed by atoms with Crippen LogP contribution in [-0.2, 0) is 30.2 Å². The number of carbonyl (C=O) groups excluding carboxylic acids is 2. The molecule has 2 aromatic rings. The van der Waals surface area contributed by atoms with Gasteiger partial charge in [0.15, 0.2) is 5.79 Å². The quantitative estimate of drug-likeness (QED) is 0.233. The highest BCUT2D eigenvalue weighted by Crippen LogP contribution is 2.33. The molecule has 7 nitrogen and oxygen atoms in total. The summed E-state index contributed by atoms with van der Waals surface area (Å²) in [6.45, 7) is 17.2. The Morgan fingerprint density at radius 2 is 1.49 bits per heavy atom. The van der Waals surface area contributed by atoms with E-state index in [1.165, 1.54) is 0 Å². The van der Waals surface area contributed by atoms with E-state index in [1.54, 1.807) is 26.0 Å². The van der Waals surface area contributed by atoms with Crippen molar-refractivity contribution >= 4 is 11.9 Å². The van der Waals surface area contributed by atoms with Crippen molar-refractivity contribution in [2.45, 2.75) is 46.8 Å². The van der Waals surface area contributed by atoms with E-state index in [-0.39, 0.29) is 13.2 Å². The first-order valence-corrected chi connectivity index (χ1v) is 12.3. The van der Waals surface area contributed by atoms with Crippen LogP contribution in [0.25, 0.3) is 11.1 Å². The lowest BCUT2D eigenvalue weighted by molar-refractivity contribution is -0.294. The van der Waals surface area contributed by atoms with Crippen molar-refractivity contribution in [3.63, 3.8) is 0 Å². The molecule has 0 N–H and O–H groups in total. The molecule has 0 bridgehead atoms. The summed E-state index contributed by atoms with van der Waals surface area (Å²) < 4.78 is 28.7. The third kappa shape index (κ3) is 7.54. The van der Waals surface area contributed by atoms with Gasteiger partial charge >= 0.3 is 11.9 Å². The number of benzene rings is 2. The summed E-state index contributed by atoms with van der Waals surface area (Å²) in [4.78, 5) is 23.8. The molecular weight excluding hydrogens is 472 g/mol. The average molecular weight is 509 g/mol. The summed E-state index contributed by atoms with van der Waals surface area (Å²) in [5.74, 6) is -0.456. The molecule has 1 fully saturated rings. The molecule has 1 heterocycles. The summed E-state index contributed by atoms with van der Waals surface area (Å²) in [5, 5.41) is 0. The highest BCUT2D eigenvalue weighted by molar-refractivity contribution is 5.89. The fraction of sp³-hybridized carbons (Fsp3) is 0.400. The molecule has 37 heavy (non-hydrogen) atoms. The Kier molecular flexibility index (Phi) is 8.94. The zero-order chi connectivity index (χ0) is 27.2. The zero-order valence-corrected chi connectivity index (χ0v) is 22.3. The van der Waals surface area contributed by atoms with Crippen molar-refractivity contribution in [3.8, 4) is 22.6 Å². The Bertz CT molecular complexity index is 1150. The summed E-state index contributed by atoms with van der Waals surface area (Å²) in [6.07, 6.45) is 0.792. The van der Waals surface area contributed by atoms with Gasteiger partial charge in [0, 0.05) is 11.1 Å². The Balaban J connectivity index is 1.73. The molecule has 0 aromatic heterocycles. The standard InChI is InChI=1S/C30H36O7/c1-8-22-15-25(13-14-26(22)23-9-11-24(12-10-23)37-28(32)21(4)5)33-16-30(17-34-27(31)20(2)3)18-35-29(6,7)36-19-30/h9-15H,2,4,8,16-19H2,1,3,5-7H3. The molecule has 1 saturated heterocycles. The molecular formula is C30H36O7. The number of hydrogen-bond donors (Lipinski definition) is 0. The van der Waals surface area contributed by atoms with Crippen LogP contribution in [0.5, 0.6) is 11.5 Å². The minimum Gasteiger partial charge on any atom is -0.493 e. The number of hydrogen-bond acceptors (Lipinski definition) is 7. The van der Waals surface area contributed by atoms with Gasteiger partial charge in [-0.05, 0) is 75.1 Å². The molecule has 2 aromatic carbocycles. The number of carbonyl (C=O) groups is 2. The van der Waals surface area contributed by atoms with Gasteiger partial charge in [-0.1, -0.05) is 38.3 Å². The molecule has 0 unspecified atom stereocenters. The molecule has 1 aliphatic heterocycles. The first-order chi connectivity index (χ1) is 17.4. The lowest BCUT2D eigenvalue weighted by atomic mass is 9.90. The van der Waals surface area contributed by atoms with Gasteiger partial charge in [0.05, 0.1) is 18.6 Å². The van der Waals surface area contributed by atoms with Crippen LogP contribution in [0.1, 0.15) is 40.2 Å². The fourth-order valence-corrected chi connectivity index (χ4v) is 3.65. The lowest BCUT2D eigenvalue weighted by Crippen LogP contribution is -2.52. The van der Waals surface area contributed by atoms with Crippen molar-refractivity contribution in [2.75, 3.05) is 26.4 Å². The second kappa shape index (κ2) is 11.8. The van der Waals surface area contributed by atoms with E-state index < -0.39 is 23.1 Å². The fourth-order valence-electron chi connectivity index (χ4n) is 3.65. The minimum absolute atomic E-state index is 0.0930. The Hall–Kier alpha value is -3.42. The van der Waals surface area contributed by atoms with E-state index in [0.717, 1.165) is 23.1 Å². The first-order valence-electron chi connectivity index (χ1n) is 12.3. The number of aryl methyl sites for hydroxylation is 1. The first kappa shape index (κ1) is 28.2. The van der Waals surface area contributed by atoms with E-state index in [0.29, 0.717) is 35.9 Å². The third-order valence-electron chi connectivity index (χ3n) is 6.04. The topological polar surface area (TPSA) is 80.3 Å². The summed E-state index contributed by atoms with van der Waals surface area (Å²) in [7, 11) is 0. The summed E-state index contributed by atoms with van der Waals surface area (Å²) in [5.41, 5.74) is 3.19. The predicted octanol–water partition coefficient (Wildman–Crippen LogP) is 5.66. The maximum atomic E-state index is 12.0. The van der Waals surface area contributed by atoms with Gasteiger partial charge in [0.25, 0.3) is 0 Å². The smallest absolute Gasteiger partial charge is 0.338 e. The van der Waals surface area contributed by atoms with Gasteiger partial charge < -0.3 is 23.7 Å². The lowest BCUT2D eigenvalue weighted by Gasteiger charge is -2.42.